The number of thiophene rings is 1. The van der Waals surface area contributed by atoms with Gasteiger partial charge in [-0.2, -0.15) is 5.26 Å². The first-order valence-corrected chi connectivity index (χ1v) is 10.3. The fourth-order valence-electron chi connectivity index (χ4n) is 4.10. The van der Waals surface area contributed by atoms with Crippen LogP contribution in [0.3, 0.4) is 0 Å². The summed E-state index contributed by atoms with van der Waals surface area (Å²) in [5.41, 5.74) is 2.41. The Kier molecular flexibility index (Phi) is 5.43. The lowest BCUT2D eigenvalue weighted by molar-refractivity contribution is -0.133. The summed E-state index contributed by atoms with van der Waals surface area (Å²) >= 11 is 1.48. The number of nitriles is 1. The molecular weight excluding hydrogens is 360 g/mol. The summed E-state index contributed by atoms with van der Waals surface area (Å²) in [7, 11) is 0. The lowest BCUT2D eigenvalue weighted by Gasteiger charge is -2.33. The highest BCUT2D eigenvalue weighted by Gasteiger charge is 2.33. The SMILES string of the molecule is CC(C)(C)C1CCc2c(sc(NC(=O)C3=C(C(=O)O)CCCC3)c2C#N)C1. The van der Waals surface area contributed by atoms with Crippen molar-refractivity contribution in [3.05, 3.63) is 27.2 Å². The first kappa shape index (κ1) is 19.6. The molecule has 0 aromatic carbocycles. The Bertz CT molecular complexity index is 852. The monoisotopic (exact) mass is 386 g/mol. The highest BCUT2D eigenvalue weighted by molar-refractivity contribution is 7.16. The van der Waals surface area contributed by atoms with Crippen molar-refractivity contribution in [1.82, 2.24) is 0 Å². The van der Waals surface area contributed by atoms with Crippen molar-refractivity contribution in [3.63, 3.8) is 0 Å². The smallest absolute Gasteiger partial charge is 0.332 e. The second-order valence-corrected chi connectivity index (χ2v) is 9.65. The van der Waals surface area contributed by atoms with Crippen molar-refractivity contribution in [1.29, 1.82) is 5.26 Å². The van der Waals surface area contributed by atoms with Gasteiger partial charge < -0.3 is 10.4 Å². The molecule has 2 N–H and O–H groups in total. The molecular formula is C21H26N2O3S. The van der Waals surface area contributed by atoms with E-state index >= 15 is 0 Å². The molecule has 2 aliphatic rings. The first-order chi connectivity index (χ1) is 12.7. The lowest BCUT2D eigenvalue weighted by Crippen LogP contribution is -2.26. The summed E-state index contributed by atoms with van der Waals surface area (Å²) in [6.45, 7) is 6.73. The van der Waals surface area contributed by atoms with E-state index in [1.807, 2.05) is 0 Å². The van der Waals surface area contributed by atoms with Crippen LogP contribution in [0.15, 0.2) is 11.1 Å². The first-order valence-electron chi connectivity index (χ1n) is 9.53. The number of rotatable bonds is 3. The average Bonchev–Trinajstić information content (AvgIpc) is 2.96. The molecule has 0 radical (unpaired) electrons. The third kappa shape index (κ3) is 3.93. The van der Waals surface area contributed by atoms with Crippen LogP contribution in [0.1, 0.15) is 68.9 Å². The minimum absolute atomic E-state index is 0.210. The molecule has 1 heterocycles. The van der Waals surface area contributed by atoms with Crippen molar-refractivity contribution in [3.8, 4) is 6.07 Å². The van der Waals surface area contributed by atoms with Crippen LogP contribution >= 0.6 is 11.3 Å². The van der Waals surface area contributed by atoms with Gasteiger partial charge in [0, 0.05) is 16.0 Å². The fraction of sp³-hybridized carbons (Fsp3) is 0.571. The summed E-state index contributed by atoms with van der Waals surface area (Å²) < 4.78 is 0. The third-order valence-corrected chi connectivity index (χ3v) is 7.00. The Balaban J connectivity index is 1.88. The summed E-state index contributed by atoms with van der Waals surface area (Å²) in [6, 6.07) is 2.26. The van der Waals surface area contributed by atoms with Crippen LogP contribution in [0, 0.1) is 22.7 Å². The van der Waals surface area contributed by atoms with Crippen molar-refractivity contribution >= 4 is 28.2 Å². The molecule has 0 saturated carbocycles. The van der Waals surface area contributed by atoms with E-state index in [4.69, 9.17) is 0 Å². The van der Waals surface area contributed by atoms with E-state index in [1.165, 1.54) is 16.2 Å². The van der Waals surface area contributed by atoms with Gasteiger partial charge in [0.05, 0.1) is 5.56 Å². The topological polar surface area (TPSA) is 90.2 Å². The summed E-state index contributed by atoms with van der Waals surface area (Å²) in [5, 5.41) is 22.5. The van der Waals surface area contributed by atoms with Gasteiger partial charge in [0.1, 0.15) is 11.1 Å². The number of aliphatic carboxylic acids is 1. The Morgan fingerprint density at radius 1 is 1.19 bits per heavy atom. The average molecular weight is 387 g/mol. The van der Waals surface area contributed by atoms with Gasteiger partial charge in [0.15, 0.2) is 0 Å². The number of carboxylic acids is 1. The molecule has 0 bridgehead atoms. The van der Waals surface area contributed by atoms with E-state index in [1.54, 1.807) is 0 Å². The van der Waals surface area contributed by atoms with Gasteiger partial charge in [-0.3, -0.25) is 4.79 Å². The Morgan fingerprint density at radius 3 is 2.44 bits per heavy atom. The third-order valence-electron chi connectivity index (χ3n) is 5.83. The second-order valence-electron chi connectivity index (χ2n) is 8.55. The minimum Gasteiger partial charge on any atom is -0.478 e. The van der Waals surface area contributed by atoms with Crippen LogP contribution in [0.2, 0.25) is 0 Å². The molecule has 0 saturated heterocycles. The fourth-order valence-corrected chi connectivity index (χ4v) is 5.37. The zero-order valence-electron chi connectivity index (χ0n) is 16.1. The second kappa shape index (κ2) is 7.47. The largest absolute Gasteiger partial charge is 0.478 e. The number of amides is 1. The zero-order valence-corrected chi connectivity index (χ0v) is 17.0. The van der Waals surface area contributed by atoms with Crippen molar-refractivity contribution in [2.24, 2.45) is 11.3 Å². The number of carboxylic acid groups (broad SMARTS) is 1. The standard InChI is InChI=1S/C21H26N2O3S/c1-21(2,3)12-8-9-13-16(11-22)19(27-17(13)10-12)23-18(24)14-6-4-5-7-15(14)20(25)26/h12H,4-10H2,1-3H3,(H,23,24)(H,25,26). The Morgan fingerprint density at radius 2 is 1.85 bits per heavy atom. The van der Waals surface area contributed by atoms with Gasteiger partial charge >= 0.3 is 5.97 Å². The Hall–Kier alpha value is -2.13. The normalized spacial score (nSPS) is 20.0. The van der Waals surface area contributed by atoms with Crippen LogP contribution in [-0.2, 0) is 22.4 Å². The van der Waals surface area contributed by atoms with Crippen molar-refractivity contribution in [2.45, 2.75) is 65.7 Å². The molecule has 3 rings (SSSR count). The lowest BCUT2D eigenvalue weighted by atomic mass is 9.72. The highest BCUT2D eigenvalue weighted by Crippen LogP contribution is 2.44. The molecule has 0 spiro atoms. The van der Waals surface area contributed by atoms with Gasteiger partial charge in [-0.25, -0.2) is 4.79 Å². The molecule has 27 heavy (non-hydrogen) atoms. The van der Waals surface area contributed by atoms with Gasteiger partial charge in [-0.15, -0.1) is 11.3 Å². The number of nitrogens with one attached hydrogen (secondary N) is 1. The molecule has 0 aliphatic heterocycles. The molecule has 144 valence electrons. The highest BCUT2D eigenvalue weighted by atomic mass is 32.1. The molecule has 1 atom stereocenters. The summed E-state index contributed by atoms with van der Waals surface area (Å²) in [6.07, 6.45) is 5.35. The van der Waals surface area contributed by atoms with Crippen LogP contribution in [0.5, 0.6) is 0 Å². The molecule has 1 aromatic rings. The van der Waals surface area contributed by atoms with E-state index in [0.717, 1.165) is 37.7 Å². The van der Waals surface area contributed by atoms with Crippen LogP contribution < -0.4 is 5.32 Å². The predicted octanol–water partition coefficient (Wildman–Crippen LogP) is 4.66. The molecule has 0 fully saturated rings. The van der Waals surface area contributed by atoms with E-state index in [0.29, 0.717) is 34.9 Å². The zero-order chi connectivity index (χ0) is 19.8. The number of hydrogen-bond donors (Lipinski definition) is 2. The van der Waals surface area contributed by atoms with Gasteiger partial charge in [-0.05, 0) is 61.8 Å². The molecule has 1 aromatic heterocycles. The van der Waals surface area contributed by atoms with E-state index in [2.05, 4.69) is 32.2 Å². The van der Waals surface area contributed by atoms with Crippen molar-refractivity contribution < 1.29 is 14.7 Å². The minimum atomic E-state index is -1.01. The number of nitrogens with zero attached hydrogens (tertiary/aromatic N) is 1. The van der Waals surface area contributed by atoms with E-state index < -0.39 is 5.97 Å². The van der Waals surface area contributed by atoms with E-state index in [9.17, 15) is 20.0 Å². The number of carbonyl (C=O) groups is 2. The Labute approximate surface area is 164 Å². The quantitative estimate of drug-likeness (QED) is 0.790. The number of anilines is 1. The number of fused-ring (bicyclic) bond motifs is 1. The predicted molar refractivity (Wildman–Crippen MR) is 106 cm³/mol. The molecule has 1 unspecified atom stereocenters. The van der Waals surface area contributed by atoms with Crippen molar-refractivity contribution in [2.75, 3.05) is 5.32 Å². The molecule has 6 heteroatoms. The maximum atomic E-state index is 12.8. The van der Waals surface area contributed by atoms with Gasteiger partial charge in [0.25, 0.3) is 5.91 Å². The maximum Gasteiger partial charge on any atom is 0.332 e. The van der Waals surface area contributed by atoms with Gasteiger partial charge in [0.2, 0.25) is 0 Å². The summed E-state index contributed by atoms with van der Waals surface area (Å²) in [5.74, 6) is -0.827. The molecule has 2 aliphatic carbocycles. The maximum absolute atomic E-state index is 12.8. The summed E-state index contributed by atoms with van der Waals surface area (Å²) in [4.78, 5) is 25.4. The van der Waals surface area contributed by atoms with Crippen LogP contribution in [-0.4, -0.2) is 17.0 Å². The van der Waals surface area contributed by atoms with Crippen LogP contribution in [0.25, 0.3) is 0 Å². The van der Waals surface area contributed by atoms with Crippen LogP contribution in [0.4, 0.5) is 5.00 Å². The molecule has 1 amide bonds. The van der Waals surface area contributed by atoms with Gasteiger partial charge in [-0.1, -0.05) is 20.8 Å². The van der Waals surface area contributed by atoms with E-state index in [-0.39, 0.29) is 16.9 Å². The number of carbonyl (C=O) groups excluding carboxylic acids is 1. The number of hydrogen-bond acceptors (Lipinski definition) is 4. The molecule has 5 nitrogen and oxygen atoms in total.